The van der Waals surface area contributed by atoms with Gasteiger partial charge in [0.05, 0.1) is 17.5 Å². The van der Waals surface area contributed by atoms with Gasteiger partial charge in [0, 0.05) is 24.2 Å². The molecule has 1 fully saturated rings. The van der Waals surface area contributed by atoms with Crippen molar-refractivity contribution in [3.05, 3.63) is 60.4 Å². The molecule has 1 aromatic heterocycles. The Morgan fingerprint density at radius 1 is 1.03 bits per heavy atom. The monoisotopic (exact) mass is 455 g/mol. The van der Waals surface area contributed by atoms with E-state index in [2.05, 4.69) is 10.6 Å². The van der Waals surface area contributed by atoms with Gasteiger partial charge in [-0.05, 0) is 50.1 Å². The number of carbonyl (C=O) groups excluding carboxylic acids is 1. The summed E-state index contributed by atoms with van der Waals surface area (Å²) in [4.78, 5) is 12.7. The lowest BCUT2D eigenvalue weighted by Crippen LogP contribution is -2.32. The molecule has 0 aliphatic carbocycles. The molecular formula is C24H29N3O4S. The van der Waals surface area contributed by atoms with Crippen molar-refractivity contribution in [2.24, 2.45) is 0 Å². The first-order chi connectivity index (χ1) is 15.4. The number of para-hydroxylation sites is 1. The van der Waals surface area contributed by atoms with Gasteiger partial charge in [0.15, 0.2) is 0 Å². The van der Waals surface area contributed by atoms with E-state index >= 15 is 0 Å². The summed E-state index contributed by atoms with van der Waals surface area (Å²) in [7, 11) is -3.53. The van der Waals surface area contributed by atoms with E-state index in [0.717, 1.165) is 36.7 Å². The highest BCUT2D eigenvalue weighted by Gasteiger charge is 2.25. The van der Waals surface area contributed by atoms with Crippen molar-refractivity contribution in [1.82, 2.24) is 9.62 Å². The third kappa shape index (κ3) is 5.14. The molecule has 1 aliphatic heterocycles. The highest BCUT2D eigenvalue weighted by molar-refractivity contribution is 7.89. The Morgan fingerprint density at radius 3 is 2.53 bits per heavy atom. The number of anilines is 1. The van der Waals surface area contributed by atoms with Gasteiger partial charge >= 0.3 is 0 Å². The predicted molar refractivity (Wildman–Crippen MR) is 125 cm³/mol. The van der Waals surface area contributed by atoms with E-state index in [4.69, 9.17) is 4.42 Å². The highest BCUT2D eigenvalue weighted by Crippen LogP contribution is 2.24. The molecule has 3 aromatic rings. The molecule has 2 heterocycles. The Hall–Kier alpha value is -2.84. The number of benzene rings is 2. The second kappa shape index (κ2) is 9.75. The summed E-state index contributed by atoms with van der Waals surface area (Å²) in [5.41, 5.74) is 1.37. The lowest BCUT2D eigenvalue weighted by molar-refractivity contribution is -0.120. The second-order valence-corrected chi connectivity index (χ2v) is 10.1. The molecule has 1 saturated heterocycles. The van der Waals surface area contributed by atoms with E-state index < -0.39 is 10.0 Å². The average molecular weight is 456 g/mol. The maximum atomic E-state index is 13.0. The fourth-order valence-corrected chi connectivity index (χ4v) is 5.52. The quantitative estimate of drug-likeness (QED) is 0.555. The Kier molecular flexibility index (Phi) is 6.81. The number of amides is 1. The van der Waals surface area contributed by atoms with Crippen LogP contribution in [0.1, 0.15) is 44.4 Å². The Bertz CT molecular complexity index is 1150. The third-order valence-electron chi connectivity index (χ3n) is 5.74. The zero-order valence-electron chi connectivity index (χ0n) is 18.2. The van der Waals surface area contributed by atoms with Crippen molar-refractivity contribution in [2.45, 2.75) is 43.5 Å². The summed E-state index contributed by atoms with van der Waals surface area (Å²) in [5.74, 6) is 0.476. The van der Waals surface area contributed by atoms with Crippen molar-refractivity contribution in [1.29, 1.82) is 0 Å². The maximum Gasteiger partial charge on any atom is 0.243 e. The molecule has 1 aliphatic rings. The van der Waals surface area contributed by atoms with Crippen molar-refractivity contribution < 1.29 is 17.6 Å². The van der Waals surface area contributed by atoms with Crippen molar-refractivity contribution >= 4 is 32.6 Å². The Labute approximate surface area is 188 Å². The van der Waals surface area contributed by atoms with Crippen molar-refractivity contribution in [3.63, 3.8) is 0 Å². The first kappa shape index (κ1) is 22.4. The average Bonchev–Trinajstić information content (AvgIpc) is 3.03. The molecule has 1 amide bonds. The minimum atomic E-state index is -3.53. The summed E-state index contributed by atoms with van der Waals surface area (Å²) in [6.07, 6.45) is 3.91. The zero-order chi connectivity index (χ0) is 22.6. The van der Waals surface area contributed by atoms with Crippen molar-refractivity contribution in [3.8, 4) is 0 Å². The summed E-state index contributed by atoms with van der Waals surface area (Å²) in [6.45, 7) is 3.01. The van der Waals surface area contributed by atoms with Crippen LogP contribution >= 0.6 is 0 Å². The molecule has 32 heavy (non-hydrogen) atoms. The Morgan fingerprint density at radius 2 is 1.78 bits per heavy atom. The molecule has 8 heteroatoms. The second-order valence-electron chi connectivity index (χ2n) is 8.18. The molecule has 170 valence electrons. The molecule has 4 rings (SSSR count). The minimum Gasteiger partial charge on any atom is -0.459 e. The van der Waals surface area contributed by atoms with Crippen LogP contribution < -0.4 is 10.6 Å². The van der Waals surface area contributed by atoms with E-state index in [1.807, 2.05) is 37.3 Å². The van der Waals surface area contributed by atoms with E-state index in [9.17, 15) is 13.2 Å². The van der Waals surface area contributed by atoms with Gasteiger partial charge in [-0.1, -0.05) is 37.1 Å². The largest absolute Gasteiger partial charge is 0.459 e. The molecule has 0 bridgehead atoms. The summed E-state index contributed by atoms with van der Waals surface area (Å²) in [6, 6.07) is 16.0. The molecule has 1 atom stereocenters. The van der Waals surface area contributed by atoms with E-state index in [0.29, 0.717) is 24.5 Å². The molecule has 0 unspecified atom stereocenters. The van der Waals surface area contributed by atoms with E-state index in [1.165, 1.54) is 0 Å². The van der Waals surface area contributed by atoms with Gasteiger partial charge < -0.3 is 15.1 Å². The van der Waals surface area contributed by atoms with Crippen molar-refractivity contribution in [2.75, 3.05) is 25.0 Å². The molecule has 0 saturated carbocycles. The maximum absolute atomic E-state index is 13.0. The zero-order valence-corrected chi connectivity index (χ0v) is 19.0. The predicted octanol–water partition coefficient (Wildman–Crippen LogP) is 4.29. The summed E-state index contributed by atoms with van der Waals surface area (Å²) >= 11 is 0. The lowest BCUT2D eigenvalue weighted by atomic mass is 10.2. The number of furan rings is 1. The highest BCUT2D eigenvalue weighted by atomic mass is 32.2. The van der Waals surface area contributed by atoms with Gasteiger partial charge in [-0.3, -0.25) is 4.79 Å². The number of sulfonamides is 1. The van der Waals surface area contributed by atoms with Gasteiger partial charge in [0.2, 0.25) is 15.9 Å². The number of fused-ring (bicyclic) bond motifs is 1. The number of nitrogens with zero attached hydrogens (tertiary/aromatic N) is 1. The number of hydrogen-bond acceptors (Lipinski definition) is 5. The van der Waals surface area contributed by atoms with Crippen LogP contribution in [0.4, 0.5) is 5.69 Å². The van der Waals surface area contributed by atoms with Gasteiger partial charge in [0.1, 0.15) is 11.3 Å². The van der Waals surface area contributed by atoms with Gasteiger partial charge in [-0.25, -0.2) is 8.42 Å². The number of rotatable bonds is 7. The van der Waals surface area contributed by atoms with Crippen LogP contribution in [-0.4, -0.2) is 38.3 Å². The summed E-state index contributed by atoms with van der Waals surface area (Å²) in [5, 5.41) is 6.93. The molecule has 2 aromatic carbocycles. The first-order valence-corrected chi connectivity index (χ1v) is 12.5. The first-order valence-electron chi connectivity index (χ1n) is 11.1. The fraction of sp³-hybridized carbons (Fsp3) is 0.375. The van der Waals surface area contributed by atoms with Crippen LogP contribution in [0.3, 0.4) is 0 Å². The SMILES string of the molecule is C[C@@H](NC(=O)CNc1cccc(S(=O)(=O)N2CCCCCC2)c1)c1cc2ccccc2o1. The molecule has 0 spiro atoms. The van der Waals surface area contributed by atoms with Crippen LogP contribution in [0.2, 0.25) is 0 Å². The van der Waals surface area contributed by atoms with Crippen LogP contribution in [0.5, 0.6) is 0 Å². The number of nitrogens with one attached hydrogen (secondary N) is 2. The van der Waals surface area contributed by atoms with Crippen LogP contribution in [-0.2, 0) is 14.8 Å². The Balaban J connectivity index is 1.36. The molecular weight excluding hydrogens is 426 g/mol. The molecule has 2 N–H and O–H groups in total. The third-order valence-corrected chi connectivity index (χ3v) is 7.63. The number of hydrogen-bond donors (Lipinski definition) is 2. The molecule has 7 nitrogen and oxygen atoms in total. The van der Waals surface area contributed by atoms with Gasteiger partial charge in [-0.2, -0.15) is 4.31 Å². The smallest absolute Gasteiger partial charge is 0.243 e. The summed E-state index contributed by atoms with van der Waals surface area (Å²) < 4.78 is 33.4. The van der Waals surface area contributed by atoms with E-state index in [1.54, 1.807) is 28.6 Å². The van der Waals surface area contributed by atoms with Gasteiger partial charge in [0.25, 0.3) is 0 Å². The topological polar surface area (TPSA) is 91.7 Å². The fourth-order valence-electron chi connectivity index (χ4n) is 3.96. The van der Waals surface area contributed by atoms with Crippen LogP contribution in [0, 0.1) is 0 Å². The van der Waals surface area contributed by atoms with Gasteiger partial charge in [-0.15, -0.1) is 0 Å². The number of carbonyl (C=O) groups is 1. The van der Waals surface area contributed by atoms with Crippen LogP contribution in [0.25, 0.3) is 11.0 Å². The van der Waals surface area contributed by atoms with Crippen LogP contribution in [0.15, 0.2) is 63.9 Å². The lowest BCUT2D eigenvalue weighted by Gasteiger charge is -2.20. The minimum absolute atomic E-state index is 0.0256. The molecule has 0 radical (unpaired) electrons. The van der Waals surface area contributed by atoms with E-state index in [-0.39, 0.29) is 23.4 Å². The normalized spacial score (nSPS) is 16.4. The standard InChI is InChI=1S/C24H29N3O4S/c1-18(23-15-19-9-4-5-12-22(19)31-23)26-24(28)17-25-20-10-8-11-21(16-20)32(29,30)27-13-6-2-3-7-14-27/h4-5,8-12,15-16,18,25H,2-3,6-7,13-14,17H2,1H3,(H,26,28)/t18-/m1/s1.